The maximum Gasteiger partial charge on any atom is 0.270 e. The monoisotopic (exact) mass is 460 g/mol. The first-order valence-corrected chi connectivity index (χ1v) is 11.6. The topological polar surface area (TPSA) is 96.2 Å². The fourth-order valence-corrected chi connectivity index (χ4v) is 4.26. The summed E-state index contributed by atoms with van der Waals surface area (Å²) < 4.78 is 1.69. The molecule has 0 aliphatic rings. The Bertz CT molecular complexity index is 1350. The Morgan fingerprint density at radius 1 is 1.06 bits per heavy atom. The van der Waals surface area contributed by atoms with Gasteiger partial charge in [0.2, 0.25) is 0 Å². The van der Waals surface area contributed by atoms with Gasteiger partial charge in [-0.25, -0.2) is 9.97 Å². The summed E-state index contributed by atoms with van der Waals surface area (Å²) in [5.74, 6) is 1.01. The Labute approximate surface area is 199 Å². The van der Waals surface area contributed by atoms with Gasteiger partial charge < -0.3 is 15.3 Å². The summed E-state index contributed by atoms with van der Waals surface area (Å²) in [4.78, 5) is 24.5. The number of phenolic OH excluding ortho intramolecular Hbond substituents is 1. The number of nitrogens with zero attached hydrogens (tertiary/aromatic N) is 5. The quantitative estimate of drug-likeness (QED) is 0.425. The van der Waals surface area contributed by atoms with E-state index in [-0.39, 0.29) is 17.4 Å². The van der Waals surface area contributed by atoms with Crippen LogP contribution >= 0.6 is 0 Å². The average Bonchev–Trinajstić information content (AvgIpc) is 3.14. The van der Waals surface area contributed by atoms with E-state index in [0.29, 0.717) is 39.6 Å². The third kappa shape index (κ3) is 4.66. The number of amides is 1. The van der Waals surface area contributed by atoms with Gasteiger partial charge in [0, 0.05) is 55.9 Å². The highest BCUT2D eigenvalue weighted by molar-refractivity contribution is 6.05. The van der Waals surface area contributed by atoms with Gasteiger partial charge >= 0.3 is 0 Å². The highest BCUT2D eigenvalue weighted by Crippen LogP contribution is 2.33. The van der Waals surface area contributed by atoms with Crippen molar-refractivity contribution in [1.29, 1.82) is 0 Å². The molecular weight excluding hydrogens is 428 g/mol. The van der Waals surface area contributed by atoms with E-state index in [9.17, 15) is 9.90 Å². The number of carbonyl (C=O) groups excluding carboxylic acids is 1. The molecule has 4 aromatic rings. The minimum absolute atomic E-state index is 0.0186. The fourth-order valence-electron chi connectivity index (χ4n) is 4.26. The molecule has 0 saturated carbocycles. The second kappa shape index (κ2) is 9.29. The molecule has 2 heterocycles. The smallest absolute Gasteiger partial charge is 0.270 e. The van der Waals surface area contributed by atoms with Crippen molar-refractivity contribution in [2.24, 2.45) is 18.9 Å². The lowest BCUT2D eigenvalue weighted by Gasteiger charge is -2.29. The average molecular weight is 461 g/mol. The van der Waals surface area contributed by atoms with Crippen LogP contribution in [0.5, 0.6) is 5.75 Å². The van der Waals surface area contributed by atoms with Crippen molar-refractivity contribution in [2.45, 2.75) is 27.7 Å². The van der Waals surface area contributed by atoms with E-state index >= 15 is 0 Å². The number of benzene rings is 2. The van der Waals surface area contributed by atoms with E-state index in [1.807, 2.05) is 31.4 Å². The van der Waals surface area contributed by atoms with Crippen molar-refractivity contribution in [2.75, 3.05) is 25.0 Å². The number of aromatic nitrogens is 4. The number of fused-ring (bicyclic) bond motifs is 2. The largest absolute Gasteiger partial charge is 0.507 e. The molecule has 178 valence electrons. The number of phenols is 1. The lowest BCUT2D eigenvalue weighted by atomic mass is 10.1. The van der Waals surface area contributed by atoms with Gasteiger partial charge in [-0.05, 0) is 36.1 Å². The lowest BCUT2D eigenvalue weighted by molar-refractivity contribution is 0.0960. The van der Waals surface area contributed by atoms with Gasteiger partial charge in [-0.2, -0.15) is 5.10 Å². The van der Waals surface area contributed by atoms with Gasteiger partial charge in [0.1, 0.15) is 11.4 Å². The van der Waals surface area contributed by atoms with Crippen LogP contribution in [-0.2, 0) is 7.05 Å². The summed E-state index contributed by atoms with van der Waals surface area (Å²) in [6, 6.07) is 9.36. The molecule has 2 aromatic carbocycles. The molecule has 2 aromatic heterocycles. The van der Waals surface area contributed by atoms with Gasteiger partial charge in [-0.3, -0.25) is 9.48 Å². The summed E-state index contributed by atoms with van der Waals surface area (Å²) in [6.07, 6.45) is 1.86. The van der Waals surface area contributed by atoms with Gasteiger partial charge in [0.15, 0.2) is 5.82 Å². The molecule has 0 aliphatic heterocycles. The standard InChI is InChI=1S/C26H32N6O2/c1-15(2)12-32(13-16(3)4)18-7-8-21-19(10-18)24(26(34)27-5)29-25(28-21)20-9-17-14-31(6)30-22(17)11-23(20)33/h7-11,14-16,33H,12-13H2,1-6H3,(H,27,34). The van der Waals surface area contributed by atoms with Crippen molar-refractivity contribution in [1.82, 2.24) is 25.1 Å². The van der Waals surface area contributed by atoms with Crippen LogP contribution in [0.3, 0.4) is 0 Å². The molecule has 0 fully saturated rings. The number of anilines is 1. The number of rotatable bonds is 7. The summed E-state index contributed by atoms with van der Waals surface area (Å²) in [5, 5.41) is 19.2. The molecule has 0 radical (unpaired) electrons. The van der Waals surface area contributed by atoms with Crippen LogP contribution in [-0.4, -0.2) is 50.9 Å². The zero-order chi connectivity index (χ0) is 24.6. The van der Waals surface area contributed by atoms with Gasteiger partial charge in [-0.15, -0.1) is 0 Å². The summed E-state index contributed by atoms with van der Waals surface area (Å²) in [5.41, 5.74) is 3.10. The van der Waals surface area contributed by atoms with Crippen molar-refractivity contribution in [3.05, 3.63) is 42.2 Å². The van der Waals surface area contributed by atoms with Crippen LogP contribution in [0, 0.1) is 11.8 Å². The molecule has 34 heavy (non-hydrogen) atoms. The molecule has 0 unspecified atom stereocenters. The van der Waals surface area contributed by atoms with Crippen LogP contribution in [0.15, 0.2) is 36.5 Å². The molecule has 0 spiro atoms. The molecule has 0 atom stereocenters. The number of aromatic hydroxyl groups is 1. The van der Waals surface area contributed by atoms with E-state index in [0.717, 1.165) is 24.2 Å². The number of nitrogens with one attached hydrogen (secondary N) is 1. The first-order chi connectivity index (χ1) is 16.2. The Hall–Kier alpha value is -3.68. The van der Waals surface area contributed by atoms with E-state index in [1.54, 1.807) is 23.9 Å². The lowest BCUT2D eigenvalue weighted by Crippen LogP contribution is -2.31. The van der Waals surface area contributed by atoms with Crippen molar-refractivity contribution < 1.29 is 9.90 Å². The predicted octanol–water partition coefficient (Wildman–Crippen LogP) is 4.37. The Morgan fingerprint density at radius 3 is 2.41 bits per heavy atom. The van der Waals surface area contributed by atoms with E-state index in [1.165, 1.54) is 0 Å². The molecule has 0 bridgehead atoms. The minimum atomic E-state index is -0.299. The number of carbonyl (C=O) groups is 1. The summed E-state index contributed by atoms with van der Waals surface area (Å²) in [7, 11) is 3.41. The van der Waals surface area contributed by atoms with Crippen LogP contribution < -0.4 is 10.2 Å². The Kier molecular flexibility index (Phi) is 6.41. The van der Waals surface area contributed by atoms with Crippen LogP contribution in [0.1, 0.15) is 38.2 Å². The van der Waals surface area contributed by atoms with Gasteiger partial charge in [0.25, 0.3) is 5.91 Å². The zero-order valence-electron chi connectivity index (χ0n) is 20.6. The molecule has 0 saturated heterocycles. The minimum Gasteiger partial charge on any atom is -0.507 e. The zero-order valence-corrected chi connectivity index (χ0v) is 20.6. The summed E-state index contributed by atoms with van der Waals surface area (Å²) >= 11 is 0. The molecular formula is C26H32N6O2. The van der Waals surface area contributed by atoms with Gasteiger partial charge in [0.05, 0.1) is 16.6 Å². The van der Waals surface area contributed by atoms with E-state index in [4.69, 9.17) is 4.98 Å². The van der Waals surface area contributed by atoms with Crippen molar-refractivity contribution in [3.63, 3.8) is 0 Å². The molecule has 1 amide bonds. The number of hydrogen-bond donors (Lipinski definition) is 2. The van der Waals surface area contributed by atoms with Crippen LogP contribution in [0.4, 0.5) is 5.69 Å². The molecule has 8 nitrogen and oxygen atoms in total. The molecule has 2 N–H and O–H groups in total. The fraction of sp³-hybridized carbons (Fsp3) is 0.385. The molecule has 4 rings (SSSR count). The second-order valence-electron chi connectivity index (χ2n) is 9.60. The van der Waals surface area contributed by atoms with E-state index < -0.39 is 0 Å². The highest BCUT2D eigenvalue weighted by atomic mass is 16.3. The first-order valence-electron chi connectivity index (χ1n) is 11.6. The normalized spacial score (nSPS) is 11.6. The molecule has 0 aliphatic carbocycles. The van der Waals surface area contributed by atoms with E-state index in [2.05, 4.69) is 48.0 Å². The number of hydrogen-bond acceptors (Lipinski definition) is 6. The first kappa shape index (κ1) is 23.5. The van der Waals surface area contributed by atoms with Gasteiger partial charge in [-0.1, -0.05) is 27.7 Å². The predicted molar refractivity (Wildman–Crippen MR) is 136 cm³/mol. The highest BCUT2D eigenvalue weighted by Gasteiger charge is 2.20. The van der Waals surface area contributed by atoms with Crippen LogP contribution in [0.2, 0.25) is 0 Å². The second-order valence-corrected chi connectivity index (χ2v) is 9.60. The molecule has 8 heteroatoms. The maximum absolute atomic E-state index is 12.9. The SMILES string of the molecule is CNC(=O)c1nc(-c2cc3cn(C)nc3cc2O)nc2ccc(N(CC(C)C)CC(C)C)cc12. The van der Waals surface area contributed by atoms with Crippen molar-refractivity contribution in [3.8, 4) is 17.1 Å². The maximum atomic E-state index is 12.9. The third-order valence-corrected chi connectivity index (χ3v) is 5.63. The Morgan fingerprint density at radius 2 is 1.76 bits per heavy atom. The third-order valence-electron chi connectivity index (χ3n) is 5.63. The Balaban J connectivity index is 1.88. The van der Waals surface area contributed by atoms with Crippen molar-refractivity contribution >= 4 is 33.4 Å². The summed E-state index contributed by atoms with van der Waals surface area (Å²) in [6.45, 7) is 10.6. The number of aryl methyl sites for hydroxylation is 1. The van der Waals surface area contributed by atoms with Crippen LogP contribution in [0.25, 0.3) is 33.2 Å².